The Morgan fingerprint density at radius 3 is 2.70 bits per heavy atom. The lowest BCUT2D eigenvalue weighted by molar-refractivity contribution is 0.102. The Labute approximate surface area is 156 Å². The fourth-order valence-corrected chi connectivity index (χ4v) is 3.52. The lowest BCUT2D eigenvalue weighted by Crippen LogP contribution is -2.15. The standard InChI is InChI=1S/C21H20FN3O2/c1-13-6-11-19(27-2)17(12-13)23-21(26)20-16-4-3-5-18(16)25(24-20)15-9-7-14(22)8-10-15/h6-12H,3-5H2,1-2H3,(H,23,26). The second kappa shape index (κ2) is 6.87. The molecule has 0 bridgehead atoms. The summed E-state index contributed by atoms with van der Waals surface area (Å²) in [7, 11) is 1.57. The molecular formula is C21H20FN3O2. The summed E-state index contributed by atoms with van der Waals surface area (Å²) < 4.78 is 20.3. The number of nitrogens with zero attached hydrogens (tertiary/aromatic N) is 2. The van der Waals surface area contributed by atoms with Crippen LogP contribution in [0.4, 0.5) is 10.1 Å². The quantitative estimate of drug-likeness (QED) is 0.758. The van der Waals surface area contributed by atoms with E-state index in [4.69, 9.17) is 4.74 Å². The highest BCUT2D eigenvalue weighted by Gasteiger charge is 2.27. The van der Waals surface area contributed by atoms with E-state index in [0.29, 0.717) is 17.1 Å². The number of carbonyl (C=O) groups is 1. The van der Waals surface area contributed by atoms with Crippen LogP contribution < -0.4 is 10.1 Å². The molecule has 1 aliphatic carbocycles. The van der Waals surface area contributed by atoms with E-state index in [1.165, 1.54) is 12.1 Å². The van der Waals surface area contributed by atoms with Crippen LogP contribution in [-0.2, 0) is 12.8 Å². The minimum Gasteiger partial charge on any atom is -0.495 e. The molecule has 1 aromatic heterocycles. The summed E-state index contributed by atoms with van der Waals surface area (Å²) in [5, 5.41) is 7.47. The highest BCUT2D eigenvalue weighted by atomic mass is 19.1. The van der Waals surface area contributed by atoms with E-state index in [2.05, 4.69) is 10.4 Å². The molecular weight excluding hydrogens is 345 g/mol. The third kappa shape index (κ3) is 3.18. The van der Waals surface area contributed by atoms with Gasteiger partial charge in [-0.25, -0.2) is 9.07 Å². The zero-order valence-electron chi connectivity index (χ0n) is 15.3. The maximum Gasteiger partial charge on any atom is 0.276 e. The molecule has 3 aromatic rings. The average Bonchev–Trinajstić information content (AvgIpc) is 3.25. The van der Waals surface area contributed by atoms with E-state index in [0.717, 1.165) is 41.8 Å². The number of anilines is 1. The number of halogens is 1. The molecule has 0 fully saturated rings. The van der Waals surface area contributed by atoms with Crippen LogP contribution in [0.1, 0.15) is 33.7 Å². The maximum atomic E-state index is 13.3. The van der Waals surface area contributed by atoms with Gasteiger partial charge in [0.25, 0.3) is 5.91 Å². The van der Waals surface area contributed by atoms with E-state index in [-0.39, 0.29) is 11.7 Å². The summed E-state index contributed by atoms with van der Waals surface area (Å²) in [6, 6.07) is 11.8. The summed E-state index contributed by atoms with van der Waals surface area (Å²) >= 11 is 0. The molecule has 5 nitrogen and oxygen atoms in total. The Morgan fingerprint density at radius 2 is 1.96 bits per heavy atom. The third-order valence-corrected chi connectivity index (χ3v) is 4.82. The second-order valence-corrected chi connectivity index (χ2v) is 6.67. The topological polar surface area (TPSA) is 56.1 Å². The molecule has 0 unspecified atom stereocenters. The maximum absolute atomic E-state index is 13.3. The predicted molar refractivity (Wildman–Crippen MR) is 101 cm³/mol. The molecule has 0 radical (unpaired) electrons. The van der Waals surface area contributed by atoms with Gasteiger partial charge in [-0.05, 0) is 68.1 Å². The number of aromatic nitrogens is 2. The number of aryl methyl sites for hydroxylation is 1. The van der Waals surface area contributed by atoms with Gasteiger partial charge in [0.15, 0.2) is 5.69 Å². The Hall–Kier alpha value is -3.15. The van der Waals surface area contributed by atoms with E-state index >= 15 is 0 Å². The molecule has 2 aromatic carbocycles. The van der Waals surface area contributed by atoms with Gasteiger partial charge in [0.05, 0.1) is 18.5 Å². The Kier molecular flexibility index (Phi) is 4.39. The monoisotopic (exact) mass is 365 g/mol. The van der Waals surface area contributed by atoms with E-state index in [1.807, 2.05) is 25.1 Å². The van der Waals surface area contributed by atoms with Crippen molar-refractivity contribution in [1.82, 2.24) is 9.78 Å². The Bertz CT molecular complexity index is 1010. The molecule has 27 heavy (non-hydrogen) atoms. The molecule has 0 atom stereocenters. The van der Waals surface area contributed by atoms with E-state index in [9.17, 15) is 9.18 Å². The zero-order valence-corrected chi connectivity index (χ0v) is 15.3. The number of hydrogen-bond acceptors (Lipinski definition) is 3. The van der Waals surface area contributed by atoms with Gasteiger partial charge in [0, 0.05) is 11.3 Å². The summed E-state index contributed by atoms with van der Waals surface area (Å²) in [5.41, 5.74) is 4.78. The lowest BCUT2D eigenvalue weighted by Gasteiger charge is -2.10. The molecule has 1 aliphatic rings. The molecule has 1 heterocycles. The molecule has 6 heteroatoms. The largest absolute Gasteiger partial charge is 0.495 e. The number of amides is 1. The number of fused-ring (bicyclic) bond motifs is 1. The van der Waals surface area contributed by atoms with E-state index in [1.54, 1.807) is 23.9 Å². The average molecular weight is 365 g/mol. The normalized spacial score (nSPS) is 12.7. The van der Waals surface area contributed by atoms with Crippen molar-refractivity contribution >= 4 is 11.6 Å². The van der Waals surface area contributed by atoms with Gasteiger partial charge in [-0.2, -0.15) is 5.10 Å². The fraction of sp³-hybridized carbons (Fsp3) is 0.238. The Morgan fingerprint density at radius 1 is 1.19 bits per heavy atom. The molecule has 0 saturated heterocycles. The number of benzene rings is 2. The molecule has 0 spiro atoms. The molecule has 138 valence electrons. The van der Waals surface area contributed by atoms with E-state index < -0.39 is 0 Å². The third-order valence-electron chi connectivity index (χ3n) is 4.82. The minimum atomic E-state index is -0.299. The summed E-state index contributed by atoms with van der Waals surface area (Å²) in [4.78, 5) is 12.9. The summed E-state index contributed by atoms with van der Waals surface area (Å²) in [6.07, 6.45) is 2.63. The van der Waals surface area contributed by atoms with Crippen LogP contribution in [0.3, 0.4) is 0 Å². The van der Waals surface area contributed by atoms with Gasteiger partial charge in [-0.15, -0.1) is 0 Å². The number of rotatable bonds is 4. The van der Waals surface area contributed by atoms with Crippen LogP contribution in [0.5, 0.6) is 5.75 Å². The van der Waals surface area contributed by atoms with Crippen molar-refractivity contribution in [2.75, 3.05) is 12.4 Å². The lowest BCUT2D eigenvalue weighted by atomic mass is 10.1. The first kappa shape index (κ1) is 17.3. The van der Waals surface area contributed by atoms with Crippen LogP contribution in [0.2, 0.25) is 0 Å². The number of nitrogens with one attached hydrogen (secondary N) is 1. The fourth-order valence-electron chi connectivity index (χ4n) is 3.52. The number of carbonyl (C=O) groups excluding carboxylic acids is 1. The molecule has 0 saturated carbocycles. The van der Waals surface area contributed by atoms with Crippen molar-refractivity contribution in [2.45, 2.75) is 26.2 Å². The summed E-state index contributed by atoms with van der Waals surface area (Å²) in [5.74, 6) is 0.0357. The van der Waals surface area contributed by atoms with Crippen molar-refractivity contribution in [3.8, 4) is 11.4 Å². The minimum absolute atomic E-state index is 0.266. The van der Waals surface area contributed by atoms with Crippen molar-refractivity contribution in [2.24, 2.45) is 0 Å². The zero-order chi connectivity index (χ0) is 19.0. The highest BCUT2D eigenvalue weighted by molar-refractivity contribution is 6.05. The molecule has 1 N–H and O–H groups in total. The first-order valence-corrected chi connectivity index (χ1v) is 8.89. The second-order valence-electron chi connectivity index (χ2n) is 6.67. The van der Waals surface area contributed by atoms with Crippen LogP contribution in [-0.4, -0.2) is 22.8 Å². The molecule has 4 rings (SSSR count). The van der Waals surface area contributed by atoms with Crippen molar-refractivity contribution < 1.29 is 13.9 Å². The number of ether oxygens (including phenoxy) is 1. The molecule has 1 amide bonds. The first-order chi connectivity index (χ1) is 13.1. The van der Waals surface area contributed by atoms with Crippen LogP contribution >= 0.6 is 0 Å². The number of hydrogen-bond donors (Lipinski definition) is 1. The first-order valence-electron chi connectivity index (χ1n) is 8.89. The Balaban J connectivity index is 1.70. The van der Waals surface area contributed by atoms with Gasteiger partial charge < -0.3 is 10.1 Å². The SMILES string of the molecule is COc1ccc(C)cc1NC(=O)c1nn(-c2ccc(F)cc2)c2c1CCC2. The predicted octanol–water partition coefficient (Wildman–Crippen LogP) is 4.07. The van der Waals surface area contributed by atoms with Crippen LogP contribution in [0.15, 0.2) is 42.5 Å². The smallest absolute Gasteiger partial charge is 0.276 e. The summed E-state index contributed by atoms with van der Waals surface area (Å²) in [6.45, 7) is 1.95. The van der Waals surface area contributed by atoms with Crippen molar-refractivity contribution in [1.29, 1.82) is 0 Å². The van der Waals surface area contributed by atoms with Gasteiger partial charge in [0.1, 0.15) is 11.6 Å². The van der Waals surface area contributed by atoms with Gasteiger partial charge in [-0.3, -0.25) is 4.79 Å². The van der Waals surface area contributed by atoms with Crippen molar-refractivity contribution in [3.63, 3.8) is 0 Å². The number of methoxy groups -OCH3 is 1. The molecule has 0 aliphatic heterocycles. The van der Waals surface area contributed by atoms with Gasteiger partial charge in [0.2, 0.25) is 0 Å². The van der Waals surface area contributed by atoms with Gasteiger partial charge >= 0.3 is 0 Å². The highest BCUT2D eigenvalue weighted by Crippen LogP contribution is 2.30. The van der Waals surface area contributed by atoms with Crippen LogP contribution in [0.25, 0.3) is 5.69 Å². The van der Waals surface area contributed by atoms with Gasteiger partial charge in [-0.1, -0.05) is 6.07 Å². The van der Waals surface area contributed by atoms with Crippen LogP contribution in [0, 0.1) is 12.7 Å². The van der Waals surface area contributed by atoms with Crippen molar-refractivity contribution in [3.05, 3.63) is 70.8 Å².